The molecule has 0 aliphatic heterocycles. The molecule has 0 aromatic heterocycles. The summed E-state index contributed by atoms with van der Waals surface area (Å²) < 4.78 is 4.60. The number of carbonyl (C=O) groups excluding carboxylic acids is 1. The van der Waals surface area contributed by atoms with Gasteiger partial charge in [0.15, 0.2) is 0 Å². The first-order chi connectivity index (χ1) is 6.22. The average Bonchev–Trinajstić information content (AvgIpc) is 2.14. The molecule has 0 saturated heterocycles. The topological polar surface area (TPSA) is 52.3 Å². The first-order valence-corrected chi connectivity index (χ1v) is 5.04. The van der Waals surface area contributed by atoms with Gasteiger partial charge in [-0.15, -0.1) is 0 Å². The molecule has 13 heavy (non-hydrogen) atoms. The molecule has 0 amide bonds. The summed E-state index contributed by atoms with van der Waals surface area (Å²) in [5, 5.41) is 0. The Bertz CT molecular complexity index is 170. The largest absolute Gasteiger partial charge is 0.469 e. The van der Waals surface area contributed by atoms with Gasteiger partial charge in [0.25, 0.3) is 0 Å². The number of hydrogen-bond donors (Lipinski definition) is 1. The van der Waals surface area contributed by atoms with Gasteiger partial charge in [-0.25, -0.2) is 0 Å². The van der Waals surface area contributed by atoms with Crippen LogP contribution in [-0.4, -0.2) is 19.1 Å². The summed E-state index contributed by atoms with van der Waals surface area (Å²) >= 11 is 0. The lowest BCUT2D eigenvalue weighted by Crippen LogP contribution is -2.28. The van der Waals surface area contributed by atoms with Crippen LogP contribution in [0.15, 0.2) is 0 Å². The SMILES string of the molecule is COC(=O)CC[C@@H]1CCC[C@H](N)C1. The Hall–Kier alpha value is -0.570. The van der Waals surface area contributed by atoms with Crippen molar-refractivity contribution in [2.75, 3.05) is 7.11 Å². The lowest BCUT2D eigenvalue weighted by molar-refractivity contribution is -0.141. The van der Waals surface area contributed by atoms with Crippen LogP contribution in [0.4, 0.5) is 0 Å². The van der Waals surface area contributed by atoms with Crippen molar-refractivity contribution >= 4 is 5.97 Å². The Balaban J connectivity index is 2.17. The Morgan fingerprint density at radius 1 is 1.54 bits per heavy atom. The molecule has 1 saturated carbocycles. The molecule has 1 fully saturated rings. The molecule has 0 spiro atoms. The average molecular weight is 185 g/mol. The van der Waals surface area contributed by atoms with Gasteiger partial charge >= 0.3 is 5.97 Å². The Morgan fingerprint density at radius 2 is 2.31 bits per heavy atom. The predicted molar refractivity (Wildman–Crippen MR) is 51.2 cm³/mol. The molecule has 3 heteroatoms. The van der Waals surface area contributed by atoms with E-state index in [1.54, 1.807) is 0 Å². The van der Waals surface area contributed by atoms with Gasteiger partial charge in [-0.3, -0.25) is 4.79 Å². The van der Waals surface area contributed by atoms with Crippen molar-refractivity contribution in [3.63, 3.8) is 0 Å². The van der Waals surface area contributed by atoms with Crippen LogP contribution < -0.4 is 5.73 Å². The van der Waals surface area contributed by atoms with Gasteiger partial charge in [0, 0.05) is 12.5 Å². The van der Waals surface area contributed by atoms with Crippen LogP contribution in [0.25, 0.3) is 0 Å². The molecular weight excluding hydrogens is 166 g/mol. The maximum Gasteiger partial charge on any atom is 0.305 e. The highest BCUT2D eigenvalue weighted by atomic mass is 16.5. The summed E-state index contributed by atoms with van der Waals surface area (Å²) in [7, 11) is 1.44. The van der Waals surface area contributed by atoms with E-state index in [0.717, 1.165) is 19.3 Å². The van der Waals surface area contributed by atoms with Crippen molar-refractivity contribution in [3.8, 4) is 0 Å². The lowest BCUT2D eigenvalue weighted by Gasteiger charge is -2.26. The summed E-state index contributed by atoms with van der Waals surface area (Å²) in [6.07, 6.45) is 6.16. The molecule has 2 atom stereocenters. The molecule has 0 aromatic rings. The second-order valence-corrected chi connectivity index (χ2v) is 3.91. The zero-order chi connectivity index (χ0) is 9.68. The van der Waals surface area contributed by atoms with Gasteiger partial charge in [0.1, 0.15) is 0 Å². The van der Waals surface area contributed by atoms with Crippen molar-refractivity contribution in [1.29, 1.82) is 0 Å². The third-order valence-corrected chi connectivity index (χ3v) is 2.81. The van der Waals surface area contributed by atoms with Crippen LogP contribution >= 0.6 is 0 Å². The molecule has 1 rings (SSSR count). The van der Waals surface area contributed by atoms with Gasteiger partial charge < -0.3 is 10.5 Å². The van der Waals surface area contributed by atoms with Gasteiger partial charge in [0.05, 0.1) is 7.11 Å². The maximum atomic E-state index is 10.9. The normalized spacial score (nSPS) is 28.5. The predicted octanol–water partition coefficient (Wildman–Crippen LogP) is 1.46. The van der Waals surface area contributed by atoms with E-state index >= 15 is 0 Å². The fourth-order valence-electron chi connectivity index (χ4n) is 2.02. The first-order valence-electron chi connectivity index (χ1n) is 5.04. The highest BCUT2D eigenvalue weighted by molar-refractivity contribution is 5.69. The highest BCUT2D eigenvalue weighted by Gasteiger charge is 2.19. The maximum absolute atomic E-state index is 10.9. The molecule has 0 unspecified atom stereocenters. The molecule has 2 N–H and O–H groups in total. The van der Waals surface area contributed by atoms with E-state index in [4.69, 9.17) is 5.73 Å². The fraction of sp³-hybridized carbons (Fsp3) is 0.900. The minimum Gasteiger partial charge on any atom is -0.469 e. The van der Waals surface area contributed by atoms with Crippen molar-refractivity contribution in [3.05, 3.63) is 0 Å². The van der Waals surface area contributed by atoms with Crippen LogP contribution in [0.1, 0.15) is 38.5 Å². The van der Waals surface area contributed by atoms with E-state index < -0.39 is 0 Å². The van der Waals surface area contributed by atoms with Gasteiger partial charge in [-0.1, -0.05) is 12.8 Å². The van der Waals surface area contributed by atoms with Crippen molar-refractivity contribution in [2.24, 2.45) is 11.7 Å². The Kier molecular flexibility index (Phi) is 4.22. The van der Waals surface area contributed by atoms with E-state index in [0.29, 0.717) is 18.4 Å². The molecule has 0 aromatic carbocycles. The number of esters is 1. The van der Waals surface area contributed by atoms with Crippen LogP contribution in [0.5, 0.6) is 0 Å². The molecule has 76 valence electrons. The number of carbonyl (C=O) groups is 1. The summed E-state index contributed by atoms with van der Waals surface area (Å²) in [6, 6.07) is 0.358. The van der Waals surface area contributed by atoms with Gasteiger partial charge in [-0.05, 0) is 25.2 Å². The standard InChI is InChI=1S/C10H19NO2/c1-13-10(12)6-5-8-3-2-4-9(11)7-8/h8-9H,2-7,11H2,1H3/t8-,9-/m0/s1. The fourth-order valence-corrected chi connectivity index (χ4v) is 2.02. The molecule has 0 radical (unpaired) electrons. The van der Waals surface area contributed by atoms with Gasteiger partial charge in [0.2, 0.25) is 0 Å². The summed E-state index contributed by atoms with van der Waals surface area (Å²) in [6.45, 7) is 0. The van der Waals surface area contributed by atoms with Gasteiger partial charge in [-0.2, -0.15) is 0 Å². The van der Waals surface area contributed by atoms with E-state index in [-0.39, 0.29) is 5.97 Å². The monoisotopic (exact) mass is 185 g/mol. The lowest BCUT2D eigenvalue weighted by atomic mass is 9.83. The molecule has 0 bridgehead atoms. The minimum absolute atomic E-state index is 0.0980. The molecule has 3 nitrogen and oxygen atoms in total. The second-order valence-electron chi connectivity index (χ2n) is 3.91. The van der Waals surface area contributed by atoms with Crippen LogP contribution in [0, 0.1) is 5.92 Å². The first kappa shape index (κ1) is 10.5. The highest BCUT2D eigenvalue weighted by Crippen LogP contribution is 2.26. The van der Waals surface area contributed by atoms with E-state index in [1.165, 1.54) is 20.0 Å². The smallest absolute Gasteiger partial charge is 0.305 e. The number of hydrogen-bond acceptors (Lipinski definition) is 3. The number of rotatable bonds is 3. The zero-order valence-electron chi connectivity index (χ0n) is 8.29. The van der Waals surface area contributed by atoms with Crippen LogP contribution in [0.3, 0.4) is 0 Å². The minimum atomic E-state index is -0.0980. The van der Waals surface area contributed by atoms with E-state index in [1.807, 2.05) is 0 Å². The summed E-state index contributed by atoms with van der Waals surface area (Å²) in [5.74, 6) is 0.544. The Labute approximate surface area is 79.6 Å². The van der Waals surface area contributed by atoms with Crippen molar-refractivity contribution in [1.82, 2.24) is 0 Å². The molecule has 0 heterocycles. The van der Waals surface area contributed by atoms with E-state index in [2.05, 4.69) is 4.74 Å². The zero-order valence-corrected chi connectivity index (χ0v) is 8.29. The van der Waals surface area contributed by atoms with Crippen LogP contribution in [0.2, 0.25) is 0 Å². The quantitative estimate of drug-likeness (QED) is 0.677. The van der Waals surface area contributed by atoms with Crippen molar-refractivity contribution in [2.45, 2.75) is 44.6 Å². The molecular formula is C10H19NO2. The van der Waals surface area contributed by atoms with Crippen molar-refractivity contribution < 1.29 is 9.53 Å². The number of methoxy groups -OCH3 is 1. The third kappa shape index (κ3) is 3.77. The summed E-state index contributed by atoms with van der Waals surface area (Å²) in [4.78, 5) is 10.9. The molecule has 1 aliphatic rings. The third-order valence-electron chi connectivity index (χ3n) is 2.81. The van der Waals surface area contributed by atoms with E-state index in [9.17, 15) is 4.79 Å². The summed E-state index contributed by atoms with van der Waals surface area (Å²) in [5.41, 5.74) is 5.85. The second kappa shape index (κ2) is 5.22. The van der Waals surface area contributed by atoms with Crippen LogP contribution in [-0.2, 0) is 9.53 Å². The molecule has 1 aliphatic carbocycles. The number of nitrogens with two attached hydrogens (primary N) is 1. The number of ether oxygens (including phenoxy) is 1. The Morgan fingerprint density at radius 3 is 2.92 bits per heavy atom.